The molecule has 0 radical (unpaired) electrons. The van der Waals surface area contributed by atoms with E-state index in [0.717, 1.165) is 10.5 Å². The number of hydrogen-bond acceptors (Lipinski definition) is 4. The van der Waals surface area contributed by atoms with E-state index in [1.807, 2.05) is 30.5 Å². The summed E-state index contributed by atoms with van der Waals surface area (Å²) in [5.74, 6) is 0. The van der Waals surface area contributed by atoms with Gasteiger partial charge in [-0.15, -0.1) is 11.8 Å². The molecule has 1 atom stereocenters. The van der Waals surface area contributed by atoms with Gasteiger partial charge in [-0.2, -0.15) is 0 Å². The SMILES string of the molecule is CSc1ccccc1C(O)c1cnccn1. The fourth-order valence-corrected chi connectivity index (χ4v) is 2.13. The summed E-state index contributed by atoms with van der Waals surface area (Å²) in [5, 5.41) is 10.2. The molecule has 3 nitrogen and oxygen atoms in total. The molecule has 2 aromatic rings. The van der Waals surface area contributed by atoms with Crippen molar-refractivity contribution in [1.29, 1.82) is 0 Å². The van der Waals surface area contributed by atoms with Crippen molar-refractivity contribution in [2.75, 3.05) is 6.26 Å². The quantitative estimate of drug-likeness (QED) is 0.825. The highest BCUT2D eigenvalue weighted by Gasteiger charge is 2.14. The molecular formula is C12H12N2OS. The Morgan fingerprint density at radius 1 is 1.25 bits per heavy atom. The van der Waals surface area contributed by atoms with Gasteiger partial charge in [0.1, 0.15) is 6.10 Å². The van der Waals surface area contributed by atoms with Crippen molar-refractivity contribution in [3.8, 4) is 0 Å². The molecule has 0 spiro atoms. The van der Waals surface area contributed by atoms with E-state index in [0.29, 0.717) is 5.69 Å². The Labute approximate surface area is 98.6 Å². The number of aliphatic hydroxyl groups is 1. The van der Waals surface area contributed by atoms with Crippen molar-refractivity contribution in [2.45, 2.75) is 11.0 Å². The summed E-state index contributed by atoms with van der Waals surface area (Å²) in [4.78, 5) is 9.12. The Bertz CT molecular complexity index is 462. The van der Waals surface area contributed by atoms with Crippen LogP contribution >= 0.6 is 11.8 Å². The van der Waals surface area contributed by atoms with Gasteiger partial charge in [-0.3, -0.25) is 9.97 Å². The molecule has 1 heterocycles. The van der Waals surface area contributed by atoms with Crippen molar-refractivity contribution in [3.63, 3.8) is 0 Å². The van der Waals surface area contributed by atoms with Crippen LogP contribution in [0.4, 0.5) is 0 Å². The number of hydrogen-bond donors (Lipinski definition) is 1. The molecule has 1 aromatic carbocycles. The monoisotopic (exact) mass is 232 g/mol. The summed E-state index contributed by atoms with van der Waals surface area (Å²) in [6.45, 7) is 0. The van der Waals surface area contributed by atoms with Crippen LogP contribution in [0.5, 0.6) is 0 Å². The van der Waals surface area contributed by atoms with Crippen LogP contribution in [0.15, 0.2) is 47.8 Å². The first-order valence-corrected chi connectivity index (χ1v) is 6.12. The zero-order valence-electron chi connectivity index (χ0n) is 8.87. The Hall–Kier alpha value is -1.39. The second-order valence-electron chi connectivity index (χ2n) is 3.27. The Morgan fingerprint density at radius 2 is 2.06 bits per heavy atom. The fraction of sp³-hybridized carbons (Fsp3) is 0.167. The zero-order valence-corrected chi connectivity index (χ0v) is 9.69. The lowest BCUT2D eigenvalue weighted by molar-refractivity contribution is 0.212. The molecule has 16 heavy (non-hydrogen) atoms. The zero-order chi connectivity index (χ0) is 11.4. The van der Waals surface area contributed by atoms with Crippen molar-refractivity contribution in [3.05, 3.63) is 54.1 Å². The number of rotatable bonds is 3. The highest BCUT2D eigenvalue weighted by molar-refractivity contribution is 7.98. The molecule has 1 N–H and O–H groups in total. The first-order valence-electron chi connectivity index (χ1n) is 4.90. The van der Waals surface area contributed by atoms with Crippen LogP contribution in [0.1, 0.15) is 17.4 Å². The van der Waals surface area contributed by atoms with Gasteiger partial charge in [-0.25, -0.2) is 0 Å². The molecule has 0 saturated carbocycles. The van der Waals surface area contributed by atoms with E-state index in [-0.39, 0.29) is 0 Å². The van der Waals surface area contributed by atoms with Crippen molar-refractivity contribution >= 4 is 11.8 Å². The van der Waals surface area contributed by atoms with Crippen LogP contribution in [0.25, 0.3) is 0 Å². The molecule has 1 unspecified atom stereocenters. The average molecular weight is 232 g/mol. The lowest BCUT2D eigenvalue weighted by atomic mass is 10.1. The minimum absolute atomic E-state index is 0.573. The molecule has 82 valence electrons. The maximum atomic E-state index is 10.2. The maximum absolute atomic E-state index is 10.2. The maximum Gasteiger partial charge on any atom is 0.124 e. The normalized spacial score (nSPS) is 12.4. The van der Waals surface area contributed by atoms with E-state index in [1.54, 1.807) is 30.4 Å². The first kappa shape index (κ1) is 11.1. The van der Waals surface area contributed by atoms with E-state index in [2.05, 4.69) is 9.97 Å². The minimum atomic E-state index is -0.711. The molecule has 0 bridgehead atoms. The Morgan fingerprint density at radius 3 is 2.75 bits per heavy atom. The molecular weight excluding hydrogens is 220 g/mol. The second-order valence-corrected chi connectivity index (χ2v) is 4.12. The Balaban J connectivity index is 2.37. The standard InChI is InChI=1S/C12H12N2OS/c1-16-11-5-3-2-4-9(11)12(15)10-8-13-6-7-14-10/h2-8,12,15H,1H3. The van der Waals surface area contributed by atoms with E-state index < -0.39 is 6.10 Å². The minimum Gasteiger partial charge on any atom is -0.382 e. The highest BCUT2D eigenvalue weighted by atomic mass is 32.2. The molecule has 0 fully saturated rings. The molecule has 0 aliphatic carbocycles. The topological polar surface area (TPSA) is 46.0 Å². The Kier molecular flexibility index (Phi) is 3.54. The third kappa shape index (κ3) is 2.23. The van der Waals surface area contributed by atoms with Gasteiger partial charge in [0.05, 0.1) is 11.9 Å². The van der Waals surface area contributed by atoms with Crippen LogP contribution in [0, 0.1) is 0 Å². The van der Waals surface area contributed by atoms with Gasteiger partial charge in [-0.05, 0) is 12.3 Å². The van der Waals surface area contributed by atoms with Crippen LogP contribution in [-0.4, -0.2) is 21.3 Å². The van der Waals surface area contributed by atoms with Crippen molar-refractivity contribution in [2.24, 2.45) is 0 Å². The number of thioether (sulfide) groups is 1. The summed E-state index contributed by atoms with van der Waals surface area (Å²) < 4.78 is 0. The van der Waals surface area contributed by atoms with Gasteiger partial charge in [0.15, 0.2) is 0 Å². The number of nitrogens with zero attached hydrogens (tertiary/aromatic N) is 2. The van der Waals surface area contributed by atoms with Gasteiger partial charge in [-0.1, -0.05) is 18.2 Å². The van der Waals surface area contributed by atoms with E-state index in [9.17, 15) is 5.11 Å². The molecule has 0 aliphatic rings. The third-order valence-corrected chi connectivity index (χ3v) is 3.11. The molecule has 2 rings (SSSR count). The summed E-state index contributed by atoms with van der Waals surface area (Å²) >= 11 is 1.61. The summed E-state index contributed by atoms with van der Waals surface area (Å²) in [6, 6.07) is 7.76. The van der Waals surface area contributed by atoms with Gasteiger partial charge < -0.3 is 5.11 Å². The third-order valence-electron chi connectivity index (χ3n) is 2.30. The van der Waals surface area contributed by atoms with Gasteiger partial charge >= 0.3 is 0 Å². The molecule has 0 aliphatic heterocycles. The van der Waals surface area contributed by atoms with Crippen LogP contribution in [-0.2, 0) is 0 Å². The fourth-order valence-electron chi connectivity index (χ4n) is 1.50. The van der Waals surface area contributed by atoms with E-state index in [4.69, 9.17) is 0 Å². The van der Waals surface area contributed by atoms with Crippen LogP contribution in [0.3, 0.4) is 0 Å². The highest BCUT2D eigenvalue weighted by Crippen LogP contribution is 2.28. The predicted octanol–water partition coefficient (Wildman–Crippen LogP) is 2.28. The number of aliphatic hydroxyl groups excluding tert-OH is 1. The lowest BCUT2D eigenvalue weighted by Gasteiger charge is -2.13. The summed E-state index contributed by atoms with van der Waals surface area (Å²) in [5.41, 5.74) is 1.44. The summed E-state index contributed by atoms with van der Waals surface area (Å²) in [7, 11) is 0. The largest absolute Gasteiger partial charge is 0.382 e. The van der Waals surface area contributed by atoms with Gasteiger partial charge in [0.25, 0.3) is 0 Å². The molecule has 0 amide bonds. The second kappa shape index (κ2) is 5.09. The van der Waals surface area contributed by atoms with E-state index >= 15 is 0 Å². The number of aromatic nitrogens is 2. The average Bonchev–Trinajstić information content (AvgIpc) is 2.39. The molecule has 4 heteroatoms. The van der Waals surface area contributed by atoms with Gasteiger partial charge in [0.2, 0.25) is 0 Å². The first-order chi connectivity index (χ1) is 7.83. The predicted molar refractivity (Wildman–Crippen MR) is 64.3 cm³/mol. The number of benzene rings is 1. The van der Waals surface area contributed by atoms with Crippen molar-refractivity contribution in [1.82, 2.24) is 9.97 Å². The van der Waals surface area contributed by atoms with Gasteiger partial charge in [0, 0.05) is 22.9 Å². The summed E-state index contributed by atoms with van der Waals surface area (Å²) in [6.07, 6.45) is 6.04. The molecule has 1 aromatic heterocycles. The van der Waals surface area contributed by atoms with Crippen LogP contribution in [0.2, 0.25) is 0 Å². The lowest BCUT2D eigenvalue weighted by Crippen LogP contribution is -2.03. The van der Waals surface area contributed by atoms with Crippen molar-refractivity contribution < 1.29 is 5.11 Å². The smallest absolute Gasteiger partial charge is 0.124 e. The van der Waals surface area contributed by atoms with E-state index in [1.165, 1.54) is 0 Å². The van der Waals surface area contributed by atoms with Crippen LogP contribution < -0.4 is 0 Å². The molecule has 0 saturated heterocycles.